The van der Waals surface area contributed by atoms with Gasteiger partial charge < -0.3 is 5.32 Å². The highest BCUT2D eigenvalue weighted by Gasteiger charge is 2.65. The summed E-state index contributed by atoms with van der Waals surface area (Å²) >= 11 is 6.12. The Bertz CT molecular complexity index is 561. The minimum atomic E-state index is -0.289. The van der Waals surface area contributed by atoms with Crippen LogP contribution in [0.25, 0.3) is 0 Å². The molecule has 1 aromatic heterocycles. The monoisotopic (exact) mass is 281 g/mol. The van der Waals surface area contributed by atoms with Crippen molar-refractivity contribution in [2.45, 2.75) is 40.3 Å². The van der Waals surface area contributed by atoms with Gasteiger partial charge in [0.25, 0.3) is 5.56 Å². The lowest BCUT2D eigenvalue weighted by Gasteiger charge is -2.10. The van der Waals surface area contributed by atoms with Crippen LogP contribution in [-0.4, -0.2) is 15.8 Å². The predicted octanol–water partition coefficient (Wildman–Crippen LogP) is 2.93. The Labute approximate surface area is 118 Å². The average molecular weight is 282 g/mol. The van der Waals surface area contributed by atoms with Crippen LogP contribution in [0.5, 0.6) is 0 Å². The summed E-state index contributed by atoms with van der Waals surface area (Å²) < 4.78 is 1.30. The van der Waals surface area contributed by atoms with Crippen molar-refractivity contribution in [2.75, 3.05) is 5.32 Å². The zero-order valence-electron chi connectivity index (χ0n) is 11.8. The summed E-state index contributed by atoms with van der Waals surface area (Å²) in [5, 5.41) is 7.62. The number of hydrogen-bond acceptors (Lipinski definition) is 3. The molecule has 1 fully saturated rings. The van der Waals surface area contributed by atoms with E-state index in [1.165, 1.54) is 4.68 Å². The van der Waals surface area contributed by atoms with E-state index >= 15 is 0 Å². The SMILES string of the molecule is C=CCn1ncc(NC2C(C)(C)C2(C)C)c(Cl)c1=O. The number of halogens is 1. The van der Waals surface area contributed by atoms with Crippen LogP contribution >= 0.6 is 11.6 Å². The first-order valence-electron chi connectivity index (χ1n) is 6.36. The molecule has 2 rings (SSSR count). The van der Waals surface area contributed by atoms with Gasteiger partial charge >= 0.3 is 0 Å². The van der Waals surface area contributed by atoms with Crippen molar-refractivity contribution >= 4 is 17.3 Å². The number of aromatic nitrogens is 2. The quantitative estimate of drug-likeness (QED) is 0.863. The summed E-state index contributed by atoms with van der Waals surface area (Å²) in [4.78, 5) is 12.0. The highest BCUT2D eigenvalue weighted by Crippen LogP contribution is 2.63. The Morgan fingerprint density at radius 1 is 1.47 bits per heavy atom. The van der Waals surface area contributed by atoms with Gasteiger partial charge in [-0.25, -0.2) is 4.68 Å². The standard InChI is InChI=1S/C14H20ClN3O/c1-6-7-18-11(19)10(15)9(8-16-18)17-12-13(2,3)14(12,4)5/h6,8,12,17H,1,7H2,2-5H3. The summed E-state index contributed by atoms with van der Waals surface area (Å²) in [6.07, 6.45) is 3.22. The third-order valence-electron chi connectivity index (χ3n) is 4.61. The van der Waals surface area contributed by atoms with Crippen LogP contribution in [0.4, 0.5) is 5.69 Å². The van der Waals surface area contributed by atoms with Crippen LogP contribution in [0.2, 0.25) is 5.02 Å². The van der Waals surface area contributed by atoms with Crippen molar-refractivity contribution in [2.24, 2.45) is 10.8 Å². The average Bonchev–Trinajstić information content (AvgIpc) is 2.71. The summed E-state index contributed by atoms with van der Waals surface area (Å²) in [6, 6.07) is 0.286. The Morgan fingerprint density at radius 2 is 2.05 bits per heavy atom. The van der Waals surface area contributed by atoms with Crippen LogP contribution in [0.15, 0.2) is 23.6 Å². The zero-order chi connectivity index (χ0) is 14.4. The second-order valence-electron chi connectivity index (χ2n) is 6.17. The minimum absolute atomic E-state index is 0.173. The van der Waals surface area contributed by atoms with Gasteiger partial charge in [-0.3, -0.25) is 4.79 Å². The van der Waals surface area contributed by atoms with E-state index in [2.05, 4.69) is 44.7 Å². The molecule has 4 nitrogen and oxygen atoms in total. The number of nitrogens with zero attached hydrogens (tertiary/aromatic N) is 2. The summed E-state index contributed by atoms with van der Waals surface area (Å²) in [7, 11) is 0. The third-order valence-corrected chi connectivity index (χ3v) is 4.97. The van der Waals surface area contributed by atoms with E-state index in [1.807, 2.05) is 0 Å². The molecule has 19 heavy (non-hydrogen) atoms. The molecule has 0 unspecified atom stereocenters. The molecule has 1 heterocycles. The third kappa shape index (κ3) is 2.08. The van der Waals surface area contributed by atoms with Crippen molar-refractivity contribution in [3.63, 3.8) is 0 Å². The summed E-state index contributed by atoms with van der Waals surface area (Å²) in [5.74, 6) is 0. The number of allylic oxidation sites excluding steroid dienone is 1. The molecule has 1 aliphatic rings. The molecular weight excluding hydrogens is 262 g/mol. The lowest BCUT2D eigenvalue weighted by molar-refractivity contribution is 0.457. The molecule has 0 atom stereocenters. The van der Waals surface area contributed by atoms with E-state index < -0.39 is 0 Å². The van der Waals surface area contributed by atoms with Gasteiger partial charge in [0.1, 0.15) is 5.02 Å². The summed E-state index contributed by atoms with van der Waals surface area (Å²) in [6.45, 7) is 12.7. The molecule has 0 saturated heterocycles. The highest BCUT2D eigenvalue weighted by atomic mass is 35.5. The molecule has 0 aliphatic heterocycles. The second-order valence-corrected chi connectivity index (χ2v) is 6.55. The fraction of sp³-hybridized carbons (Fsp3) is 0.571. The van der Waals surface area contributed by atoms with Crippen molar-refractivity contribution < 1.29 is 0 Å². The molecular formula is C14H20ClN3O. The van der Waals surface area contributed by atoms with Gasteiger partial charge in [0.2, 0.25) is 0 Å². The van der Waals surface area contributed by atoms with E-state index in [0.29, 0.717) is 12.2 Å². The Hall–Kier alpha value is -1.29. The van der Waals surface area contributed by atoms with Crippen molar-refractivity contribution in [1.82, 2.24) is 9.78 Å². The number of nitrogens with one attached hydrogen (secondary N) is 1. The number of hydrogen-bond donors (Lipinski definition) is 1. The topological polar surface area (TPSA) is 46.9 Å². The van der Waals surface area contributed by atoms with Crippen LogP contribution < -0.4 is 10.9 Å². The Morgan fingerprint density at radius 3 is 2.53 bits per heavy atom. The predicted molar refractivity (Wildman–Crippen MR) is 78.7 cm³/mol. The minimum Gasteiger partial charge on any atom is -0.379 e. The second kappa shape index (κ2) is 4.37. The van der Waals surface area contributed by atoms with Crippen LogP contribution in [0, 0.1) is 10.8 Å². The molecule has 0 aromatic carbocycles. The molecule has 1 N–H and O–H groups in total. The largest absolute Gasteiger partial charge is 0.379 e. The Balaban J connectivity index is 2.27. The lowest BCUT2D eigenvalue weighted by Crippen LogP contribution is -2.24. The Kier molecular flexibility index (Phi) is 3.25. The van der Waals surface area contributed by atoms with E-state index in [1.54, 1.807) is 12.3 Å². The lowest BCUT2D eigenvalue weighted by atomic mass is 10.0. The van der Waals surface area contributed by atoms with Gasteiger partial charge in [-0.1, -0.05) is 45.4 Å². The van der Waals surface area contributed by atoms with Gasteiger partial charge in [-0.2, -0.15) is 5.10 Å². The molecule has 5 heteroatoms. The van der Waals surface area contributed by atoms with Gasteiger partial charge in [0, 0.05) is 6.04 Å². The van der Waals surface area contributed by atoms with Crippen LogP contribution in [0.3, 0.4) is 0 Å². The zero-order valence-corrected chi connectivity index (χ0v) is 12.6. The van der Waals surface area contributed by atoms with Gasteiger partial charge in [0.05, 0.1) is 18.4 Å². The molecule has 0 radical (unpaired) electrons. The van der Waals surface area contributed by atoms with Crippen molar-refractivity contribution in [3.8, 4) is 0 Å². The maximum absolute atomic E-state index is 12.0. The molecule has 0 spiro atoms. The van der Waals surface area contributed by atoms with Crippen LogP contribution in [-0.2, 0) is 6.54 Å². The normalized spacial score (nSPS) is 20.1. The molecule has 1 aliphatic carbocycles. The maximum atomic E-state index is 12.0. The smallest absolute Gasteiger partial charge is 0.287 e. The van der Waals surface area contributed by atoms with Gasteiger partial charge in [-0.05, 0) is 10.8 Å². The van der Waals surface area contributed by atoms with Crippen molar-refractivity contribution in [1.29, 1.82) is 0 Å². The van der Waals surface area contributed by atoms with Gasteiger partial charge in [0.15, 0.2) is 0 Å². The maximum Gasteiger partial charge on any atom is 0.287 e. The first-order chi connectivity index (χ1) is 8.73. The van der Waals surface area contributed by atoms with E-state index in [4.69, 9.17) is 11.6 Å². The molecule has 1 saturated carbocycles. The molecule has 0 bridgehead atoms. The van der Waals surface area contributed by atoms with Crippen molar-refractivity contribution in [3.05, 3.63) is 34.2 Å². The molecule has 104 valence electrons. The van der Waals surface area contributed by atoms with E-state index in [-0.39, 0.29) is 27.5 Å². The van der Waals surface area contributed by atoms with Crippen LogP contribution in [0.1, 0.15) is 27.7 Å². The molecule has 1 aromatic rings. The van der Waals surface area contributed by atoms with Gasteiger partial charge in [-0.15, -0.1) is 6.58 Å². The van der Waals surface area contributed by atoms with E-state index in [0.717, 1.165) is 0 Å². The fourth-order valence-electron chi connectivity index (χ4n) is 2.53. The summed E-state index contributed by atoms with van der Waals surface area (Å²) in [5.41, 5.74) is 0.664. The first kappa shape index (κ1) is 14.1. The first-order valence-corrected chi connectivity index (χ1v) is 6.74. The number of rotatable bonds is 4. The van der Waals surface area contributed by atoms with E-state index in [9.17, 15) is 4.79 Å². The highest BCUT2D eigenvalue weighted by molar-refractivity contribution is 6.32. The molecule has 0 amide bonds. The number of anilines is 1. The fourth-order valence-corrected chi connectivity index (χ4v) is 2.73.